The Kier molecular flexibility index (Phi) is 15.0. The van der Waals surface area contributed by atoms with Crippen LogP contribution < -0.4 is 32.2 Å². The highest BCUT2D eigenvalue weighted by Gasteiger charge is 2.32. The summed E-state index contributed by atoms with van der Waals surface area (Å²) in [6.45, 7) is 1.62. The van der Waals surface area contributed by atoms with Gasteiger partial charge in [0.2, 0.25) is 16.3 Å². The summed E-state index contributed by atoms with van der Waals surface area (Å²) in [7, 11) is 4.44. The number of hydrogen-bond acceptors (Lipinski definition) is 12. The molecule has 1 saturated carbocycles. The second-order valence-electron chi connectivity index (χ2n) is 13.1. The third-order valence-electron chi connectivity index (χ3n) is 9.36. The number of pyridine rings is 3. The van der Waals surface area contributed by atoms with Gasteiger partial charge in [-0.15, -0.1) is 0 Å². The maximum Gasteiger partial charge on any atom is 0.271 e. The molecule has 294 valence electrons. The van der Waals surface area contributed by atoms with E-state index in [0.29, 0.717) is 19.3 Å². The molecule has 0 radical (unpaired) electrons. The Morgan fingerprint density at radius 1 is 0.556 bits per heavy atom. The molecule has 0 bridgehead atoms. The van der Waals surface area contributed by atoms with Crippen molar-refractivity contribution in [2.45, 2.75) is 38.9 Å². The van der Waals surface area contributed by atoms with Crippen LogP contribution in [0.25, 0.3) is 0 Å². The van der Waals surface area contributed by atoms with Gasteiger partial charge in [-0.3, -0.25) is 28.8 Å². The molecule has 0 unspecified atom stereocenters. The van der Waals surface area contributed by atoms with Gasteiger partial charge < -0.3 is 59.2 Å². The van der Waals surface area contributed by atoms with Gasteiger partial charge in [-0.2, -0.15) is 0 Å². The van der Waals surface area contributed by atoms with E-state index in [1.165, 1.54) is 53.6 Å². The zero-order valence-electron chi connectivity index (χ0n) is 30.5. The van der Waals surface area contributed by atoms with Crippen molar-refractivity contribution < 1.29 is 43.9 Å². The van der Waals surface area contributed by atoms with E-state index >= 15 is 0 Å². The van der Waals surface area contributed by atoms with E-state index in [0.717, 1.165) is 18.2 Å². The van der Waals surface area contributed by atoms with Crippen molar-refractivity contribution in [3.8, 4) is 17.2 Å². The molecular weight excluding hydrogens is 708 g/mol. The van der Waals surface area contributed by atoms with E-state index in [9.17, 15) is 44.1 Å². The van der Waals surface area contributed by atoms with Gasteiger partial charge in [-0.05, 0) is 37.0 Å². The van der Waals surface area contributed by atoms with Crippen molar-refractivity contribution in [2.75, 3.05) is 60.8 Å². The fraction of sp³-hybridized carbons (Fsp3) is 0.500. The summed E-state index contributed by atoms with van der Waals surface area (Å²) in [6, 6.07) is 3.46. The van der Waals surface area contributed by atoms with E-state index in [1.54, 1.807) is 0 Å². The van der Waals surface area contributed by atoms with Crippen LogP contribution in [0.5, 0.6) is 17.2 Å². The van der Waals surface area contributed by atoms with Crippen LogP contribution in [0.3, 0.4) is 0 Å². The van der Waals surface area contributed by atoms with Gasteiger partial charge in [0.25, 0.3) is 17.7 Å². The van der Waals surface area contributed by atoms with Gasteiger partial charge in [0.05, 0.1) is 19.8 Å². The highest BCUT2D eigenvalue weighted by molar-refractivity contribution is 5.96. The summed E-state index contributed by atoms with van der Waals surface area (Å²) in [4.78, 5) is 76.8. The molecule has 0 saturated heterocycles. The van der Waals surface area contributed by atoms with Gasteiger partial charge in [-0.25, -0.2) is 0 Å². The van der Waals surface area contributed by atoms with Crippen LogP contribution in [0.1, 0.15) is 50.7 Å². The number of nitrogens with zero attached hydrogens (tertiary/aromatic N) is 3. The van der Waals surface area contributed by atoms with Crippen LogP contribution >= 0.6 is 0 Å². The molecule has 3 aromatic rings. The standard InChI is InChI=1S/C36H48N6O12/c1-52-13-10-40-7-4-25(43)31(46)28(40)34(49)37-19-22-16-23(20-38-35(50)29-32(47)26(44)5-8-41(29)11-14-53-2)18-24(17-22)21-39-36(51)30-33(48)27(45)6-9-42(30)12-15-54-3/h4-9,22-24,46-48H,10-21H2,1-3H3,(H,37,49)(H,38,50)(H,39,51). The van der Waals surface area contributed by atoms with E-state index in [4.69, 9.17) is 14.2 Å². The maximum absolute atomic E-state index is 13.4. The summed E-state index contributed by atoms with van der Waals surface area (Å²) in [5.41, 5.74) is -2.79. The molecule has 1 aliphatic rings. The number of rotatable bonds is 18. The van der Waals surface area contributed by atoms with Crippen molar-refractivity contribution in [3.63, 3.8) is 0 Å². The number of carbonyl (C=O) groups excluding carboxylic acids is 3. The normalized spacial score (nSPS) is 16.8. The summed E-state index contributed by atoms with van der Waals surface area (Å²) < 4.78 is 19.5. The molecule has 3 amide bonds. The predicted molar refractivity (Wildman–Crippen MR) is 194 cm³/mol. The third kappa shape index (κ3) is 10.4. The number of methoxy groups -OCH3 is 3. The van der Waals surface area contributed by atoms with Crippen LogP contribution in [0.2, 0.25) is 0 Å². The molecule has 1 aliphatic carbocycles. The van der Waals surface area contributed by atoms with Crippen LogP contribution in [0.15, 0.2) is 51.2 Å². The number of amides is 3. The fourth-order valence-electron chi connectivity index (χ4n) is 6.70. The molecule has 54 heavy (non-hydrogen) atoms. The Hall–Kier alpha value is -5.46. The fourth-order valence-corrected chi connectivity index (χ4v) is 6.70. The minimum atomic E-state index is -0.715. The minimum absolute atomic E-state index is 0.118. The lowest BCUT2D eigenvalue weighted by Gasteiger charge is -2.35. The van der Waals surface area contributed by atoms with Crippen molar-refractivity contribution in [3.05, 3.63) is 84.5 Å². The molecule has 4 rings (SSSR count). The van der Waals surface area contributed by atoms with Gasteiger partial charge in [0.1, 0.15) is 0 Å². The first-order valence-electron chi connectivity index (χ1n) is 17.5. The highest BCUT2D eigenvalue weighted by Crippen LogP contribution is 2.33. The molecule has 18 nitrogen and oxygen atoms in total. The second-order valence-corrected chi connectivity index (χ2v) is 13.1. The molecular formula is C36H48N6O12. The van der Waals surface area contributed by atoms with Gasteiger partial charge >= 0.3 is 0 Å². The smallest absolute Gasteiger partial charge is 0.271 e. The largest absolute Gasteiger partial charge is 0.503 e. The Morgan fingerprint density at radius 2 is 0.815 bits per heavy atom. The average molecular weight is 757 g/mol. The topological polar surface area (TPSA) is 242 Å². The van der Waals surface area contributed by atoms with Crippen LogP contribution in [0, 0.1) is 17.8 Å². The summed E-state index contributed by atoms with van der Waals surface area (Å²) in [6.07, 6.45) is 5.71. The van der Waals surface area contributed by atoms with Crippen LogP contribution in [-0.2, 0) is 33.8 Å². The van der Waals surface area contributed by atoms with Crippen molar-refractivity contribution in [2.24, 2.45) is 17.8 Å². The van der Waals surface area contributed by atoms with Gasteiger partial charge in [0.15, 0.2) is 34.3 Å². The number of aromatic nitrogens is 3. The predicted octanol–water partition coefficient (Wildman–Crippen LogP) is -0.150. The van der Waals surface area contributed by atoms with E-state index in [2.05, 4.69) is 16.0 Å². The first-order chi connectivity index (χ1) is 25.9. The molecule has 0 spiro atoms. The lowest BCUT2D eigenvalue weighted by molar-refractivity contribution is 0.0896. The number of hydrogen-bond donors (Lipinski definition) is 6. The molecule has 0 atom stereocenters. The van der Waals surface area contributed by atoms with E-state index in [1.807, 2.05) is 0 Å². The third-order valence-corrected chi connectivity index (χ3v) is 9.36. The number of aromatic hydroxyl groups is 3. The summed E-state index contributed by atoms with van der Waals surface area (Å²) >= 11 is 0. The summed E-state index contributed by atoms with van der Waals surface area (Å²) in [5.74, 6) is -4.73. The zero-order chi connectivity index (χ0) is 39.4. The van der Waals surface area contributed by atoms with Crippen molar-refractivity contribution in [1.29, 1.82) is 0 Å². The van der Waals surface area contributed by atoms with Crippen LogP contribution in [0.4, 0.5) is 0 Å². The first kappa shape index (κ1) is 41.3. The molecule has 3 aromatic heterocycles. The molecule has 0 aliphatic heterocycles. The Morgan fingerprint density at radius 3 is 1.06 bits per heavy atom. The molecule has 1 fully saturated rings. The molecule has 0 aromatic carbocycles. The Labute approximate surface area is 310 Å². The van der Waals surface area contributed by atoms with E-state index < -0.39 is 51.3 Å². The van der Waals surface area contributed by atoms with Crippen LogP contribution in [-0.4, -0.2) is 108 Å². The minimum Gasteiger partial charge on any atom is -0.503 e. The molecule has 3 heterocycles. The van der Waals surface area contributed by atoms with Crippen molar-refractivity contribution in [1.82, 2.24) is 29.7 Å². The highest BCUT2D eigenvalue weighted by atomic mass is 16.5. The Bertz CT molecular complexity index is 1740. The quantitative estimate of drug-likeness (QED) is 0.0994. The van der Waals surface area contributed by atoms with Gasteiger partial charge in [-0.1, -0.05) is 0 Å². The average Bonchev–Trinajstić information content (AvgIpc) is 3.16. The number of carbonyl (C=O) groups is 3. The second kappa shape index (κ2) is 19.6. The molecule has 18 heteroatoms. The van der Waals surface area contributed by atoms with Gasteiger partial charge in [0, 0.05) is 97.4 Å². The summed E-state index contributed by atoms with van der Waals surface area (Å²) in [5, 5.41) is 40.0. The monoisotopic (exact) mass is 756 g/mol. The van der Waals surface area contributed by atoms with Crippen molar-refractivity contribution >= 4 is 17.7 Å². The Balaban J connectivity index is 1.53. The maximum atomic E-state index is 13.4. The zero-order valence-corrected chi connectivity index (χ0v) is 30.5. The number of ether oxygens (including phenoxy) is 3. The number of nitrogens with one attached hydrogen (secondary N) is 3. The molecule has 6 N–H and O–H groups in total. The van der Waals surface area contributed by atoms with E-state index in [-0.39, 0.29) is 93.9 Å². The lowest BCUT2D eigenvalue weighted by Crippen LogP contribution is -2.42. The lowest BCUT2D eigenvalue weighted by atomic mass is 9.75. The SMILES string of the molecule is COCCn1ccc(=O)c(O)c1C(=O)NCC1CC(CNC(=O)c2c(O)c(=O)ccn2CCOC)CC(CNC(=O)c2c(O)c(=O)ccn2CCOC)C1. The first-order valence-corrected chi connectivity index (χ1v) is 17.5.